The lowest BCUT2D eigenvalue weighted by atomic mass is 9.99. The zero-order valence-electron chi connectivity index (χ0n) is 13.3. The van der Waals surface area contributed by atoms with Gasteiger partial charge in [-0.1, -0.05) is 12.1 Å². The summed E-state index contributed by atoms with van der Waals surface area (Å²) in [6.45, 7) is 5.38. The number of nitrogen functional groups attached to an aromatic ring is 1. The van der Waals surface area contributed by atoms with Gasteiger partial charge in [0.05, 0.1) is 11.1 Å². The molecular formula is C18H19NO4. The Morgan fingerprint density at radius 3 is 2.43 bits per heavy atom. The van der Waals surface area contributed by atoms with E-state index in [4.69, 9.17) is 10.5 Å². The second-order valence-corrected chi connectivity index (χ2v) is 6.20. The number of aldehydes is 1. The van der Waals surface area contributed by atoms with Crippen molar-refractivity contribution in [3.63, 3.8) is 0 Å². The molecule has 0 aromatic heterocycles. The Morgan fingerprint density at radius 2 is 1.87 bits per heavy atom. The lowest BCUT2D eigenvalue weighted by molar-refractivity contribution is 0.00695. The normalized spacial score (nSPS) is 11.1. The summed E-state index contributed by atoms with van der Waals surface area (Å²) in [5.41, 5.74) is 7.71. The third-order valence-electron chi connectivity index (χ3n) is 3.15. The summed E-state index contributed by atoms with van der Waals surface area (Å²) in [6.07, 6.45) is 0.574. The number of aromatic hydroxyl groups is 1. The van der Waals surface area contributed by atoms with Crippen LogP contribution in [0.25, 0.3) is 11.1 Å². The molecule has 5 nitrogen and oxygen atoms in total. The molecule has 0 aliphatic heterocycles. The van der Waals surface area contributed by atoms with Gasteiger partial charge in [0.15, 0.2) is 6.29 Å². The summed E-state index contributed by atoms with van der Waals surface area (Å²) in [6, 6.07) is 9.47. The van der Waals surface area contributed by atoms with Crippen LogP contribution < -0.4 is 5.73 Å². The number of carbonyl (C=O) groups is 2. The number of phenolic OH excluding ortho intramolecular Hbond substituents is 1. The standard InChI is InChI=1S/C18H19NO4/c1-18(2,3)23-17(22)12-4-6-14(15(19)9-12)11-5-7-16(21)13(8-11)10-20/h4-10,21H,19H2,1-3H3. The Balaban J connectivity index is 2.37. The Labute approximate surface area is 134 Å². The Bertz CT molecular complexity index is 760. The van der Waals surface area contributed by atoms with Crippen molar-refractivity contribution in [2.45, 2.75) is 26.4 Å². The molecule has 0 atom stereocenters. The number of hydrogen-bond acceptors (Lipinski definition) is 5. The quantitative estimate of drug-likeness (QED) is 0.515. The molecule has 0 bridgehead atoms. The van der Waals surface area contributed by atoms with E-state index >= 15 is 0 Å². The van der Waals surface area contributed by atoms with E-state index in [-0.39, 0.29) is 11.3 Å². The molecule has 0 amide bonds. The van der Waals surface area contributed by atoms with Gasteiger partial charge in [0.25, 0.3) is 0 Å². The number of nitrogens with two attached hydrogens (primary N) is 1. The number of ether oxygens (including phenoxy) is 1. The van der Waals surface area contributed by atoms with Crippen molar-refractivity contribution in [1.82, 2.24) is 0 Å². The van der Waals surface area contributed by atoms with Gasteiger partial charge < -0.3 is 15.6 Å². The minimum absolute atomic E-state index is 0.0901. The van der Waals surface area contributed by atoms with E-state index < -0.39 is 11.6 Å². The largest absolute Gasteiger partial charge is 0.507 e. The first kappa shape index (κ1) is 16.5. The highest BCUT2D eigenvalue weighted by atomic mass is 16.6. The molecule has 3 N–H and O–H groups in total. The summed E-state index contributed by atoms with van der Waals surface area (Å²) in [5, 5.41) is 9.55. The van der Waals surface area contributed by atoms with Crippen LogP contribution in [0.2, 0.25) is 0 Å². The molecule has 2 aromatic rings. The van der Waals surface area contributed by atoms with Crippen molar-refractivity contribution in [2.75, 3.05) is 5.73 Å². The molecule has 23 heavy (non-hydrogen) atoms. The van der Waals surface area contributed by atoms with Crippen LogP contribution in [0.4, 0.5) is 5.69 Å². The SMILES string of the molecule is CC(C)(C)OC(=O)c1ccc(-c2ccc(O)c(C=O)c2)c(N)c1. The average Bonchev–Trinajstić information content (AvgIpc) is 2.46. The molecule has 5 heteroatoms. The van der Waals surface area contributed by atoms with Crippen LogP contribution in [0, 0.1) is 0 Å². The lowest BCUT2D eigenvalue weighted by Gasteiger charge is -2.19. The molecule has 0 radical (unpaired) electrons. The van der Waals surface area contributed by atoms with Gasteiger partial charge in [-0.2, -0.15) is 0 Å². The molecule has 2 aromatic carbocycles. The first-order valence-electron chi connectivity index (χ1n) is 7.13. The first-order chi connectivity index (χ1) is 10.7. The lowest BCUT2D eigenvalue weighted by Crippen LogP contribution is -2.23. The highest BCUT2D eigenvalue weighted by Gasteiger charge is 2.18. The van der Waals surface area contributed by atoms with Gasteiger partial charge in [-0.05, 0) is 50.6 Å². The summed E-state index contributed by atoms with van der Waals surface area (Å²) in [4.78, 5) is 23.0. The van der Waals surface area contributed by atoms with Gasteiger partial charge in [0, 0.05) is 11.3 Å². The molecule has 0 aliphatic carbocycles. The van der Waals surface area contributed by atoms with E-state index in [9.17, 15) is 14.7 Å². The van der Waals surface area contributed by atoms with Gasteiger partial charge in [0.2, 0.25) is 0 Å². The fourth-order valence-electron chi connectivity index (χ4n) is 2.11. The number of benzene rings is 2. The number of phenols is 1. The summed E-state index contributed by atoms with van der Waals surface area (Å²) < 4.78 is 5.30. The fraction of sp³-hybridized carbons (Fsp3) is 0.222. The number of rotatable bonds is 3. The van der Waals surface area contributed by atoms with Crippen molar-refractivity contribution >= 4 is 17.9 Å². The van der Waals surface area contributed by atoms with E-state index in [1.54, 1.807) is 45.0 Å². The maximum absolute atomic E-state index is 12.0. The Morgan fingerprint density at radius 1 is 1.17 bits per heavy atom. The zero-order valence-corrected chi connectivity index (χ0v) is 13.3. The van der Waals surface area contributed by atoms with Crippen LogP contribution in [-0.2, 0) is 4.74 Å². The van der Waals surface area contributed by atoms with Crippen molar-refractivity contribution < 1.29 is 19.4 Å². The molecule has 0 saturated heterocycles. The van der Waals surface area contributed by atoms with Gasteiger partial charge in [0.1, 0.15) is 11.4 Å². The van der Waals surface area contributed by atoms with Crippen molar-refractivity contribution in [1.29, 1.82) is 0 Å². The highest BCUT2D eigenvalue weighted by molar-refractivity contribution is 5.93. The van der Waals surface area contributed by atoms with Crippen molar-refractivity contribution in [3.8, 4) is 16.9 Å². The van der Waals surface area contributed by atoms with Crippen LogP contribution in [0.3, 0.4) is 0 Å². The second kappa shape index (κ2) is 6.12. The summed E-state index contributed by atoms with van der Waals surface area (Å²) >= 11 is 0. The van der Waals surface area contributed by atoms with Crippen molar-refractivity contribution in [3.05, 3.63) is 47.5 Å². The molecular weight excluding hydrogens is 294 g/mol. The molecule has 2 rings (SSSR count). The molecule has 0 fully saturated rings. The third-order valence-corrected chi connectivity index (χ3v) is 3.15. The first-order valence-corrected chi connectivity index (χ1v) is 7.13. The number of carbonyl (C=O) groups excluding carboxylic acids is 2. The zero-order chi connectivity index (χ0) is 17.2. The predicted molar refractivity (Wildman–Crippen MR) is 88.5 cm³/mol. The van der Waals surface area contributed by atoms with Gasteiger partial charge in [-0.25, -0.2) is 4.79 Å². The van der Waals surface area contributed by atoms with Gasteiger partial charge in [-0.15, -0.1) is 0 Å². The number of anilines is 1. The fourth-order valence-corrected chi connectivity index (χ4v) is 2.11. The van der Waals surface area contributed by atoms with Crippen molar-refractivity contribution in [2.24, 2.45) is 0 Å². The minimum atomic E-state index is -0.583. The molecule has 0 heterocycles. The maximum Gasteiger partial charge on any atom is 0.338 e. The van der Waals surface area contributed by atoms with E-state index in [1.807, 2.05) is 0 Å². The van der Waals surface area contributed by atoms with Gasteiger partial charge in [-0.3, -0.25) is 4.79 Å². The minimum Gasteiger partial charge on any atom is -0.507 e. The second-order valence-electron chi connectivity index (χ2n) is 6.20. The monoisotopic (exact) mass is 313 g/mol. The smallest absolute Gasteiger partial charge is 0.338 e. The molecule has 0 saturated carbocycles. The topological polar surface area (TPSA) is 89.6 Å². The predicted octanol–water partition coefficient (Wildman–Crippen LogP) is 3.41. The van der Waals surface area contributed by atoms with E-state index in [0.717, 1.165) is 0 Å². The molecule has 0 unspecified atom stereocenters. The average molecular weight is 313 g/mol. The third kappa shape index (κ3) is 3.88. The van der Waals surface area contributed by atoms with E-state index in [2.05, 4.69) is 0 Å². The van der Waals surface area contributed by atoms with E-state index in [1.165, 1.54) is 12.1 Å². The van der Waals surface area contributed by atoms with E-state index in [0.29, 0.717) is 28.7 Å². The van der Waals surface area contributed by atoms with Crippen LogP contribution in [0.1, 0.15) is 41.5 Å². The van der Waals surface area contributed by atoms with Crippen LogP contribution in [0.5, 0.6) is 5.75 Å². The number of hydrogen-bond donors (Lipinski definition) is 2. The number of esters is 1. The molecule has 120 valence electrons. The van der Waals surface area contributed by atoms with Crippen LogP contribution in [0.15, 0.2) is 36.4 Å². The van der Waals surface area contributed by atoms with Gasteiger partial charge >= 0.3 is 5.97 Å². The van der Waals surface area contributed by atoms with Crippen LogP contribution >= 0.6 is 0 Å². The maximum atomic E-state index is 12.0. The molecule has 0 aliphatic rings. The summed E-state index contributed by atoms with van der Waals surface area (Å²) in [5.74, 6) is -0.539. The Hall–Kier alpha value is -2.82. The van der Waals surface area contributed by atoms with Crippen LogP contribution in [-0.4, -0.2) is 23.0 Å². The summed E-state index contributed by atoms with van der Waals surface area (Å²) in [7, 11) is 0. The Kier molecular flexibility index (Phi) is 4.40. The highest BCUT2D eigenvalue weighted by Crippen LogP contribution is 2.30. The molecule has 0 spiro atoms.